The maximum absolute atomic E-state index is 6.05. The van der Waals surface area contributed by atoms with E-state index in [1.54, 1.807) is 12.4 Å². The van der Waals surface area contributed by atoms with Gasteiger partial charge >= 0.3 is 0 Å². The van der Waals surface area contributed by atoms with Gasteiger partial charge in [0.25, 0.3) is 0 Å². The van der Waals surface area contributed by atoms with Crippen LogP contribution in [0.5, 0.6) is 0 Å². The third kappa shape index (κ3) is 1.78. The molecule has 0 N–H and O–H groups in total. The number of hydrogen-bond donors (Lipinski definition) is 0. The zero-order valence-electron chi connectivity index (χ0n) is 9.14. The lowest BCUT2D eigenvalue weighted by atomic mass is 10.2. The predicted octanol–water partition coefficient (Wildman–Crippen LogP) is 3.85. The maximum Gasteiger partial charge on any atom is 0.227 e. The molecule has 0 aliphatic rings. The molecule has 2 aromatic heterocycles. The molecule has 2 heterocycles. The van der Waals surface area contributed by atoms with E-state index in [2.05, 4.69) is 9.97 Å². The Labute approximate surface area is 103 Å². The van der Waals surface area contributed by atoms with E-state index in [1.807, 2.05) is 31.2 Å². The number of halogens is 1. The summed E-state index contributed by atoms with van der Waals surface area (Å²) < 4.78 is 5.69. The van der Waals surface area contributed by atoms with Crippen LogP contribution in [0, 0.1) is 6.92 Å². The fraction of sp³-hybridized carbons (Fsp3) is 0.0769. The van der Waals surface area contributed by atoms with Crippen molar-refractivity contribution in [3.8, 4) is 11.5 Å². The molecule has 0 unspecified atom stereocenters. The smallest absolute Gasteiger partial charge is 0.227 e. The zero-order valence-corrected chi connectivity index (χ0v) is 9.90. The number of aromatic nitrogens is 2. The molecule has 0 atom stereocenters. The summed E-state index contributed by atoms with van der Waals surface area (Å²) in [5.41, 5.74) is 3.41. The highest BCUT2D eigenvalue weighted by Gasteiger charge is 2.09. The Kier molecular flexibility index (Phi) is 2.34. The number of nitrogens with zero attached hydrogens (tertiary/aromatic N) is 2. The Morgan fingerprint density at radius 3 is 2.71 bits per heavy atom. The first-order valence-electron chi connectivity index (χ1n) is 5.21. The van der Waals surface area contributed by atoms with E-state index < -0.39 is 0 Å². The molecule has 0 aliphatic carbocycles. The zero-order chi connectivity index (χ0) is 11.8. The number of aryl methyl sites for hydroxylation is 1. The van der Waals surface area contributed by atoms with Gasteiger partial charge in [-0.1, -0.05) is 11.6 Å². The van der Waals surface area contributed by atoms with E-state index in [-0.39, 0.29) is 0 Å². The van der Waals surface area contributed by atoms with Gasteiger partial charge in [0.2, 0.25) is 5.89 Å². The number of hydrogen-bond acceptors (Lipinski definition) is 3. The summed E-state index contributed by atoms with van der Waals surface area (Å²) in [7, 11) is 0. The fourth-order valence-corrected chi connectivity index (χ4v) is 1.83. The molecule has 0 spiro atoms. The minimum Gasteiger partial charge on any atom is -0.436 e. The van der Waals surface area contributed by atoms with Crippen LogP contribution in [0.15, 0.2) is 41.1 Å². The highest BCUT2D eigenvalue weighted by atomic mass is 35.5. The van der Waals surface area contributed by atoms with Gasteiger partial charge in [-0.15, -0.1) is 0 Å². The maximum atomic E-state index is 6.05. The van der Waals surface area contributed by atoms with Crippen molar-refractivity contribution in [2.45, 2.75) is 6.92 Å². The largest absolute Gasteiger partial charge is 0.436 e. The van der Waals surface area contributed by atoms with E-state index in [9.17, 15) is 0 Å². The first kappa shape index (κ1) is 10.3. The predicted molar refractivity (Wildman–Crippen MR) is 67.0 cm³/mol. The molecule has 0 saturated carbocycles. The summed E-state index contributed by atoms with van der Waals surface area (Å²) in [5, 5.41) is 0.701. The fourth-order valence-electron chi connectivity index (χ4n) is 1.67. The molecular weight excluding hydrogens is 236 g/mol. The molecule has 4 heteroatoms. The first-order chi connectivity index (χ1) is 8.24. The highest BCUT2D eigenvalue weighted by Crippen LogP contribution is 2.27. The summed E-state index contributed by atoms with van der Waals surface area (Å²) in [5.74, 6) is 0.587. The molecule has 0 radical (unpaired) electrons. The number of pyridine rings is 1. The third-order valence-electron chi connectivity index (χ3n) is 2.60. The number of oxazole rings is 1. The molecule has 84 valence electrons. The second kappa shape index (κ2) is 3.86. The molecular formula is C13H9ClN2O. The second-order valence-corrected chi connectivity index (χ2v) is 4.23. The topological polar surface area (TPSA) is 38.9 Å². The van der Waals surface area contributed by atoms with E-state index in [0.717, 1.165) is 22.2 Å². The summed E-state index contributed by atoms with van der Waals surface area (Å²) in [6.45, 7) is 1.94. The van der Waals surface area contributed by atoms with E-state index in [1.165, 1.54) is 0 Å². The summed E-state index contributed by atoms with van der Waals surface area (Å²) in [6.07, 6.45) is 3.42. The summed E-state index contributed by atoms with van der Waals surface area (Å²) in [6, 6.07) is 7.44. The standard InChI is InChI=1S/C13H9ClN2O/c1-8-6-12-11(7-10(8)14)16-13(17-12)9-2-4-15-5-3-9/h2-7H,1H3. The molecule has 17 heavy (non-hydrogen) atoms. The molecule has 1 aromatic carbocycles. The van der Waals surface area contributed by atoms with E-state index >= 15 is 0 Å². The number of benzene rings is 1. The van der Waals surface area contributed by atoms with Gasteiger partial charge in [-0.2, -0.15) is 0 Å². The van der Waals surface area contributed by atoms with Gasteiger partial charge in [0.15, 0.2) is 5.58 Å². The van der Waals surface area contributed by atoms with Crippen molar-refractivity contribution in [1.82, 2.24) is 9.97 Å². The van der Waals surface area contributed by atoms with Gasteiger partial charge < -0.3 is 4.42 Å². The van der Waals surface area contributed by atoms with Gasteiger partial charge in [0, 0.05) is 23.0 Å². The van der Waals surface area contributed by atoms with Crippen LogP contribution in [0.4, 0.5) is 0 Å². The number of rotatable bonds is 1. The van der Waals surface area contributed by atoms with Crippen molar-refractivity contribution in [1.29, 1.82) is 0 Å². The molecule has 3 nitrogen and oxygen atoms in total. The first-order valence-corrected chi connectivity index (χ1v) is 5.59. The minimum atomic E-state index is 0.587. The Morgan fingerprint density at radius 2 is 1.94 bits per heavy atom. The minimum absolute atomic E-state index is 0.587. The Bertz CT molecular complexity index is 637. The lowest BCUT2D eigenvalue weighted by Crippen LogP contribution is -1.77. The van der Waals surface area contributed by atoms with Crippen molar-refractivity contribution in [2.75, 3.05) is 0 Å². The molecule has 0 amide bonds. The molecule has 3 aromatic rings. The van der Waals surface area contributed by atoms with Crippen LogP contribution in [0.25, 0.3) is 22.6 Å². The lowest BCUT2D eigenvalue weighted by Gasteiger charge is -1.94. The van der Waals surface area contributed by atoms with Crippen LogP contribution < -0.4 is 0 Å². The molecule has 0 fully saturated rings. The normalized spacial score (nSPS) is 10.9. The van der Waals surface area contributed by atoms with Crippen LogP contribution in [0.2, 0.25) is 5.02 Å². The van der Waals surface area contributed by atoms with Crippen LogP contribution in [0.3, 0.4) is 0 Å². The van der Waals surface area contributed by atoms with Crippen molar-refractivity contribution < 1.29 is 4.42 Å². The molecule has 0 aliphatic heterocycles. The van der Waals surface area contributed by atoms with Crippen molar-refractivity contribution in [3.05, 3.63) is 47.2 Å². The summed E-state index contributed by atoms with van der Waals surface area (Å²) >= 11 is 6.05. The van der Waals surface area contributed by atoms with Crippen LogP contribution in [-0.4, -0.2) is 9.97 Å². The summed E-state index contributed by atoms with van der Waals surface area (Å²) in [4.78, 5) is 8.37. The molecule has 0 bridgehead atoms. The number of fused-ring (bicyclic) bond motifs is 1. The van der Waals surface area contributed by atoms with Crippen molar-refractivity contribution in [2.24, 2.45) is 0 Å². The van der Waals surface area contributed by atoms with Gasteiger partial charge in [-0.25, -0.2) is 4.98 Å². The van der Waals surface area contributed by atoms with Gasteiger partial charge in [-0.05, 0) is 36.8 Å². The quantitative estimate of drug-likeness (QED) is 0.653. The van der Waals surface area contributed by atoms with Gasteiger partial charge in [0.1, 0.15) is 5.52 Å². The highest BCUT2D eigenvalue weighted by molar-refractivity contribution is 6.32. The van der Waals surface area contributed by atoms with E-state index in [4.69, 9.17) is 16.0 Å². The average Bonchev–Trinajstić information content (AvgIpc) is 2.74. The monoisotopic (exact) mass is 244 g/mol. The Morgan fingerprint density at radius 1 is 1.18 bits per heavy atom. The lowest BCUT2D eigenvalue weighted by molar-refractivity contribution is 0.619. The van der Waals surface area contributed by atoms with Crippen LogP contribution in [0.1, 0.15) is 5.56 Å². The van der Waals surface area contributed by atoms with Gasteiger partial charge in [0.05, 0.1) is 0 Å². The molecule has 3 rings (SSSR count). The van der Waals surface area contributed by atoms with Crippen molar-refractivity contribution in [3.63, 3.8) is 0 Å². The molecule has 0 saturated heterocycles. The Hall–Kier alpha value is -1.87. The second-order valence-electron chi connectivity index (χ2n) is 3.82. The average molecular weight is 245 g/mol. The third-order valence-corrected chi connectivity index (χ3v) is 3.00. The van der Waals surface area contributed by atoms with Crippen LogP contribution >= 0.6 is 11.6 Å². The van der Waals surface area contributed by atoms with Crippen molar-refractivity contribution >= 4 is 22.7 Å². The SMILES string of the molecule is Cc1cc2oc(-c3ccncc3)nc2cc1Cl. The Balaban J connectivity index is 2.21. The van der Waals surface area contributed by atoms with E-state index in [0.29, 0.717) is 10.9 Å². The van der Waals surface area contributed by atoms with Crippen LogP contribution in [-0.2, 0) is 0 Å². The van der Waals surface area contributed by atoms with Gasteiger partial charge in [-0.3, -0.25) is 4.98 Å².